The fourth-order valence-corrected chi connectivity index (χ4v) is 2.29. The highest BCUT2D eigenvalue weighted by Gasteiger charge is 2.21. The lowest BCUT2D eigenvalue weighted by Gasteiger charge is -2.22. The first-order valence-electron chi connectivity index (χ1n) is 7.91. The molecule has 1 aromatic heterocycles. The maximum atomic E-state index is 5.56. The van der Waals surface area contributed by atoms with Gasteiger partial charge in [-0.15, -0.1) is 0 Å². The highest BCUT2D eigenvalue weighted by molar-refractivity contribution is 5.60. The molecule has 2 rings (SSSR count). The summed E-state index contributed by atoms with van der Waals surface area (Å²) >= 11 is 0. The molecule has 23 heavy (non-hydrogen) atoms. The molecular formula is C18H26N4O. The molecule has 1 heterocycles. The minimum absolute atomic E-state index is 0.0742. The molecule has 0 bridgehead atoms. The van der Waals surface area contributed by atoms with Crippen LogP contribution in [0.2, 0.25) is 0 Å². The van der Waals surface area contributed by atoms with E-state index in [2.05, 4.69) is 31.1 Å². The summed E-state index contributed by atoms with van der Waals surface area (Å²) in [5.74, 6) is 1.55. The first-order valence-corrected chi connectivity index (χ1v) is 7.91. The van der Waals surface area contributed by atoms with E-state index in [0.717, 1.165) is 41.5 Å². The maximum Gasteiger partial charge on any atom is 0.159 e. The maximum absolute atomic E-state index is 5.56. The van der Waals surface area contributed by atoms with Crippen LogP contribution in [0.3, 0.4) is 0 Å². The van der Waals surface area contributed by atoms with Gasteiger partial charge >= 0.3 is 0 Å². The van der Waals surface area contributed by atoms with Gasteiger partial charge in [0.25, 0.3) is 0 Å². The monoisotopic (exact) mass is 314 g/mol. The smallest absolute Gasteiger partial charge is 0.159 e. The van der Waals surface area contributed by atoms with Gasteiger partial charge in [-0.1, -0.05) is 20.8 Å². The fraction of sp³-hybridized carbons (Fsp3) is 0.444. The minimum atomic E-state index is -0.0742. The second kappa shape index (κ2) is 7.42. The van der Waals surface area contributed by atoms with Crippen molar-refractivity contribution in [1.29, 1.82) is 0 Å². The van der Waals surface area contributed by atoms with Crippen molar-refractivity contribution < 1.29 is 4.74 Å². The molecule has 0 atom stereocenters. The van der Waals surface area contributed by atoms with Crippen LogP contribution in [0.25, 0.3) is 11.4 Å². The lowest BCUT2D eigenvalue weighted by atomic mass is 9.90. The molecule has 0 unspecified atom stereocenters. The zero-order valence-electron chi connectivity index (χ0n) is 14.4. The van der Waals surface area contributed by atoms with Crippen LogP contribution in [-0.4, -0.2) is 30.2 Å². The summed E-state index contributed by atoms with van der Waals surface area (Å²) in [6.45, 7) is 7.96. The van der Waals surface area contributed by atoms with Gasteiger partial charge in [0, 0.05) is 17.5 Å². The number of nitrogens with zero attached hydrogens (tertiary/aromatic N) is 2. The Morgan fingerprint density at radius 2 is 1.87 bits per heavy atom. The van der Waals surface area contributed by atoms with E-state index in [9.17, 15) is 0 Å². The van der Waals surface area contributed by atoms with Crippen LogP contribution >= 0.6 is 0 Å². The molecule has 0 saturated heterocycles. The number of methoxy groups -OCH3 is 1. The van der Waals surface area contributed by atoms with Crippen molar-refractivity contribution in [2.75, 3.05) is 25.5 Å². The van der Waals surface area contributed by atoms with Crippen molar-refractivity contribution in [3.63, 3.8) is 0 Å². The predicted octanol–water partition coefficient (Wildman–Crippen LogP) is 3.21. The van der Waals surface area contributed by atoms with Gasteiger partial charge in [-0.3, -0.25) is 0 Å². The first-order chi connectivity index (χ1) is 11.0. The fourth-order valence-electron chi connectivity index (χ4n) is 2.29. The summed E-state index contributed by atoms with van der Waals surface area (Å²) in [4.78, 5) is 9.31. The number of anilines is 1. The lowest BCUT2D eigenvalue weighted by Crippen LogP contribution is -2.19. The van der Waals surface area contributed by atoms with Crippen LogP contribution < -0.4 is 15.8 Å². The number of ether oxygens (including phenoxy) is 1. The normalized spacial score (nSPS) is 11.3. The zero-order valence-corrected chi connectivity index (χ0v) is 14.4. The van der Waals surface area contributed by atoms with Gasteiger partial charge in [-0.2, -0.15) is 0 Å². The summed E-state index contributed by atoms with van der Waals surface area (Å²) in [5.41, 5.74) is 8.45. The van der Waals surface area contributed by atoms with E-state index in [1.165, 1.54) is 0 Å². The van der Waals surface area contributed by atoms with Gasteiger partial charge in [0.15, 0.2) is 5.82 Å². The molecule has 0 aliphatic heterocycles. The molecule has 0 saturated carbocycles. The third-order valence-corrected chi connectivity index (χ3v) is 3.54. The molecule has 0 amide bonds. The summed E-state index contributed by atoms with van der Waals surface area (Å²) in [6.07, 6.45) is 2.79. The standard InChI is InChI=1S/C18H26N4O/c1-18(2,3)16-15(20-11-5-10-19)12-21-17(22-16)13-6-8-14(23-4)9-7-13/h6-9,12,20H,5,10-11,19H2,1-4H3. The van der Waals surface area contributed by atoms with Crippen LogP contribution in [0.4, 0.5) is 5.69 Å². The average Bonchev–Trinajstić information content (AvgIpc) is 2.54. The van der Waals surface area contributed by atoms with E-state index >= 15 is 0 Å². The third-order valence-electron chi connectivity index (χ3n) is 3.54. The molecule has 0 aliphatic carbocycles. The lowest BCUT2D eigenvalue weighted by molar-refractivity contribution is 0.415. The van der Waals surface area contributed by atoms with Gasteiger partial charge in [-0.25, -0.2) is 9.97 Å². The van der Waals surface area contributed by atoms with E-state index in [1.54, 1.807) is 7.11 Å². The van der Waals surface area contributed by atoms with Crippen LogP contribution in [-0.2, 0) is 5.41 Å². The van der Waals surface area contributed by atoms with Gasteiger partial charge in [-0.05, 0) is 37.2 Å². The number of nitrogens with one attached hydrogen (secondary N) is 1. The second-order valence-corrected chi connectivity index (χ2v) is 6.50. The molecule has 0 aliphatic rings. The Bertz CT molecular complexity index is 632. The third kappa shape index (κ3) is 4.42. The van der Waals surface area contributed by atoms with E-state index < -0.39 is 0 Å². The summed E-state index contributed by atoms with van der Waals surface area (Å²) in [7, 11) is 1.66. The summed E-state index contributed by atoms with van der Waals surface area (Å²) in [5, 5.41) is 3.39. The molecule has 0 spiro atoms. The van der Waals surface area contributed by atoms with Crippen LogP contribution in [0.15, 0.2) is 30.5 Å². The molecule has 0 fully saturated rings. The van der Waals surface area contributed by atoms with Crippen molar-refractivity contribution >= 4 is 5.69 Å². The Kier molecular flexibility index (Phi) is 5.55. The van der Waals surface area contributed by atoms with E-state index in [4.69, 9.17) is 15.5 Å². The number of nitrogens with two attached hydrogens (primary N) is 1. The number of aromatic nitrogens is 2. The minimum Gasteiger partial charge on any atom is -0.497 e. The molecule has 1 aromatic carbocycles. The Labute approximate surface area is 138 Å². The summed E-state index contributed by atoms with van der Waals surface area (Å²) < 4.78 is 5.20. The van der Waals surface area contributed by atoms with Crippen molar-refractivity contribution in [2.45, 2.75) is 32.6 Å². The Balaban J connectivity index is 2.34. The van der Waals surface area contributed by atoms with Crippen LogP contribution in [0.5, 0.6) is 5.75 Å². The van der Waals surface area contributed by atoms with Crippen molar-refractivity contribution in [1.82, 2.24) is 9.97 Å². The van der Waals surface area contributed by atoms with Crippen LogP contribution in [0, 0.1) is 0 Å². The Hall–Kier alpha value is -2.14. The largest absolute Gasteiger partial charge is 0.497 e. The van der Waals surface area contributed by atoms with Gasteiger partial charge < -0.3 is 15.8 Å². The van der Waals surface area contributed by atoms with Crippen molar-refractivity contribution in [3.8, 4) is 17.1 Å². The van der Waals surface area contributed by atoms with Gasteiger partial charge in [0.05, 0.1) is 24.7 Å². The number of benzene rings is 1. The summed E-state index contributed by atoms with van der Waals surface area (Å²) in [6, 6.07) is 7.79. The predicted molar refractivity (Wildman–Crippen MR) is 94.9 cm³/mol. The van der Waals surface area contributed by atoms with E-state index in [-0.39, 0.29) is 5.41 Å². The SMILES string of the molecule is COc1ccc(-c2ncc(NCCCN)c(C(C)(C)C)n2)cc1. The molecule has 3 N–H and O–H groups in total. The van der Waals surface area contributed by atoms with Crippen molar-refractivity contribution in [3.05, 3.63) is 36.2 Å². The molecule has 5 heteroatoms. The first kappa shape index (κ1) is 17.2. The Morgan fingerprint density at radius 3 is 2.43 bits per heavy atom. The zero-order chi connectivity index (χ0) is 16.9. The number of hydrogen-bond donors (Lipinski definition) is 2. The molecule has 5 nitrogen and oxygen atoms in total. The molecule has 124 valence electrons. The van der Waals surface area contributed by atoms with E-state index in [1.807, 2.05) is 30.5 Å². The molecular weight excluding hydrogens is 288 g/mol. The highest BCUT2D eigenvalue weighted by atomic mass is 16.5. The average molecular weight is 314 g/mol. The molecule has 0 radical (unpaired) electrons. The second-order valence-electron chi connectivity index (χ2n) is 6.50. The molecule has 2 aromatic rings. The van der Waals surface area contributed by atoms with E-state index in [0.29, 0.717) is 6.54 Å². The quantitative estimate of drug-likeness (QED) is 0.801. The topological polar surface area (TPSA) is 73.1 Å². The van der Waals surface area contributed by atoms with Crippen molar-refractivity contribution in [2.24, 2.45) is 5.73 Å². The highest BCUT2D eigenvalue weighted by Crippen LogP contribution is 2.29. The number of rotatable bonds is 6. The van der Waals surface area contributed by atoms with Gasteiger partial charge in [0.1, 0.15) is 5.75 Å². The van der Waals surface area contributed by atoms with Gasteiger partial charge in [0.2, 0.25) is 0 Å². The Morgan fingerprint density at radius 1 is 1.17 bits per heavy atom. The number of hydrogen-bond acceptors (Lipinski definition) is 5. The van der Waals surface area contributed by atoms with Crippen LogP contribution in [0.1, 0.15) is 32.9 Å².